The summed E-state index contributed by atoms with van der Waals surface area (Å²) >= 11 is 7.44. The van der Waals surface area contributed by atoms with E-state index in [4.69, 9.17) is 21.1 Å². The molecule has 3 aromatic rings. The summed E-state index contributed by atoms with van der Waals surface area (Å²) in [6.45, 7) is 6.54. The number of carbonyl (C=O) groups excluding carboxylic acids is 2. The van der Waals surface area contributed by atoms with E-state index in [-0.39, 0.29) is 23.8 Å². The monoisotopic (exact) mass is 495 g/mol. The first-order chi connectivity index (χ1) is 16.4. The largest absolute Gasteiger partial charge is 0.490 e. The first-order valence-electron chi connectivity index (χ1n) is 11.3. The van der Waals surface area contributed by atoms with Crippen LogP contribution < -0.4 is 9.47 Å². The van der Waals surface area contributed by atoms with Crippen molar-refractivity contribution in [2.24, 2.45) is 0 Å². The molecule has 5 nitrogen and oxygen atoms in total. The number of hydrogen-bond acceptors (Lipinski definition) is 5. The summed E-state index contributed by atoms with van der Waals surface area (Å²) < 4.78 is 11.7. The molecule has 1 saturated heterocycles. The van der Waals surface area contributed by atoms with Crippen molar-refractivity contribution in [3.63, 3.8) is 0 Å². The molecule has 0 bridgehead atoms. The minimum absolute atomic E-state index is 0.0203. The minimum atomic E-state index is -0.322. The van der Waals surface area contributed by atoms with Crippen LogP contribution >= 0.6 is 23.4 Å². The molecule has 7 heteroatoms. The Morgan fingerprint density at radius 2 is 1.85 bits per heavy atom. The fraction of sp³-hybridized carbons (Fsp3) is 0.259. The topological polar surface area (TPSA) is 55.8 Å². The highest BCUT2D eigenvalue weighted by Gasteiger charge is 2.35. The van der Waals surface area contributed by atoms with Crippen molar-refractivity contribution in [2.75, 3.05) is 6.61 Å². The van der Waals surface area contributed by atoms with Crippen molar-refractivity contribution < 1.29 is 19.1 Å². The van der Waals surface area contributed by atoms with Gasteiger partial charge in [0.05, 0.1) is 29.2 Å². The number of ether oxygens (including phenoxy) is 2. The zero-order valence-corrected chi connectivity index (χ0v) is 20.9. The highest BCUT2D eigenvalue weighted by atomic mass is 35.5. The number of fused-ring (bicyclic) bond motifs is 1. The summed E-state index contributed by atoms with van der Waals surface area (Å²) in [5.41, 5.74) is 1.59. The summed E-state index contributed by atoms with van der Waals surface area (Å²) in [7, 11) is 0. The van der Waals surface area contributed by atoms with Gasteiger partial charge in [0.15, 0.2) is 11.5 Å². The number of nitrogens with zero attached hydrogens (tertiary/aromatic N) is 1. The van der Waals surface area contributed by atoms with Crippen LogP contribution in [0.3, 0.4) is 0 Å². The Kier molecular flexibility index (Phi) is 7.49. The molecule has 0 aliphatic carbocycles. The molecule has 1 fully saturated rings. The van der Waals surface area contributed by atoms with Gasteiger partial charge in [0.25, 0.3) is 11.1 Å². The molecule has 1 heterocycles. The molecule has 0 radical (unpaired) electrons. The van der Waals surface area contributed by atoms with Gasteiger partial charge in [-0.2, -0.15) is 0 Å². The second-order valence-corrected chi connectivity index (χ2v) is 9.41. The zero-order valence-electron chi connectivity index (χ0n) is 19.3. The Morgan fingerprint density at radius 1 is 1.09 bits per heavy atom. The Balaban J connectivity index is 1.61. The maximum Gasteiger partial charge on any atom is 0.293 e. The molecule has 176 valence electrons. The smallest absolute Gasteiger partial charge is 0.293 e. The van der Waals surface area contributed by atoms with Gasteiger partial charge in [0, 0.05) is 0 Å². The molecule has 1 unspecified atom stereocenters. The number of thioether (sulfide) groups is 1. The zero-order chi connectivity index (χ0) is 24.2. The third-order valence-corrected chi connectivity index (χ3v) is 6.79. The van der Waals surface area contributed by atoms with Crippen molar-refractivity contribution in [1.29, 1.82) is 0 Å². The summed E-state index contributed by atoms with van der Waals surface area (Å²) in [5, 5.41) is 2.20. The summed E-state index contributed by atoms with van der Waals surface area (Å²) in [5.74, 6) is 0.674. The number of hydrogen-bond donors (Lipinski definition) is 0. The van der Waals surface area contributed by atoms with E-state index in [0.29, 0.717) is 33.6 Å². The molecule has 1 aliphatic heterocycles. The average Bonchev–Trinajstić information content (AvgIpc) is 3.08. The van der Waals surface area contributed by atoms with Crippen LogP contribution in [0, 0.1) is 0 Å². The number of rotatable bonds is 8. The van der Waals surface area contributed by atoms with Crippen molar-refractivity contribution in [2.45, 2.75) is 39.8 Å². The van der Waals surface area contributed by atoms with Gasteiger partial charge in [-0.25, -0.2) is 0 Å². The van der Waals surface area contributed by atoms with E-state index in [1.807, 2.05) is 63.2 Å². The van der Waals surface area contributed by atoms with Crippen LogP contribution in [0.4, 0.5) is 4.79 Å². The molecule has 0 N–H and O–H groups in total. The van der Waals surface area contributed by atoms with Crippen molar-refractivity contribution in [3.8, 4) is 11.5 Å². The maximum atomic E-state index is 13.1. The van der Waals surface area contributed by atoms with Crippen molar-refractivity contribution >= 4 is 51.4 Å². The number of amides is 2. The molecule has 1 atom stereocenters. The second kappa shape index (κ2) is 10.5. The van der Waals surface area contributed by atoms with E-state index in [0.717, 1.165) is 34.5 Å². The molecule has 34 heavy (non-hydrogen) atoms. The van der Waals surface area contributed by atoms with E-state index >= 15 is 0 Å². The first-order valence-corrected chi connectivity index (χ1v) is 12.5. The van der Waals surface area contributed by atoms with Gasteiger partial charge >= 0.3 is 0 Å². The van der Waals surface area contributed by atoms with Gasteiger partial charge in [-0.15, -0.1) is 0 Å². The van der Waals surface area contributed by atoms with Crippen LogP contribution in [0.5, 0.6) is 11.5 Å². The summed E-state index contributed by atoms with van der Waals surface area (Å²) in [6.07, 6.45) is 2.48. The van der Waals surface area contributed by atoms with E-state index in [2.05, 4.69) is 0 Å². The minimum Gasteiger partial charge on any atom is -0.490 e. The lowest BCUT2D eigenvalue weighted by atomic mass is 10.0. The van der Waals surface area contributed by atoms with E-state index in [1.165, 1.54) is 4.90 Å². The third-order valence-electron chi connectivity index (χ3n) is 5.61. The van der Waals surface area contributed by atoms with Crippen LogP contribution in [0.2, 0.25) is 5.02 Å². The van der Waals surface area contributed by atoms with Crippen LogP contribution in [-0.2, 0) is 11.3 Å². The van der Waals surface area contributed by atoms with E-state index in [9.17, 15) is 9.59 Å². The Bertz CT molecular complexity index is 1270. The number of carbonyl (C=O) groups is 2. The predicted octanol–water partition coefficient (Wildman–Crippen LogP) is 7.31. The number of benzene rings is 3. The van der Waals surface area contributed by atoms with E-state index in [1.54, 1.807) is 18.2 Å². The lowest BCUT2D eigenvalue weighted by molar-refractivity contribution is -0.123. The lowest BCUT2D eigenvalue weighted by Crippen LogP contribution is -2.27. The Labute approximate surface area is 208 Å². The summed E-state index contributed by atoms with van der Waals surface area (Å²) in [6, 6.07) is 17.3. The molecule has 1 aliphatic rings. The van der Waals surface area contributed by atoms with Gasteiger partial charge in [-0.3, -0.25) is 14.5 Å². The molecule has 3 aromatic carbocycles. The van der Waals surface area contributed by atoms with Crippen LogP contribution in [0.15, 0.2) is 59.5 Å². The third kappa shape index (κ3) is 5.08. The maximum absolute atomic E-state index is 13.1. The second-order valence-electron chi connectivity index (χ2n) is 8.01. The number of halogens is 1. The summed E-state index contributed by atoms with van der Waals surface area (Å²) in [4.78, 5) is 27.5. The average molecular weight is 496 g/mol. The molecule has 0 saturated carbocycles. The normalized spacial score (nSPS) is 15.9. The molecule has 0 aromatic heterocycles. The van der Waals surface area contributed by atoms with Gasteiger partial charge < -0.3 is 9.47 Å². The molecule has 2 amide bonds. The SMILES string of the molecule is CCOc1cc(/C=C2/SC(=O)N(Cc3cccc4ccccc34)C2=O)cc(Cl)c1OC(C)CC. The predicted molar refractivity (Wildman–Crippen MR) is 138 cm³/mol. The van der Waals surface area contributed by atoms with Gasteiger partial charge in [0.1, 0.15) is 0 Å². The first kappa shape index (κ1) is 24.2. The standard InChI is InChI=1S/C27H26ClNO4S/c1-4-17(3)33-25-22(28)13-18(14-23(25)32-5-2)15-24-26(30)29(27(31)34-24)16-20-11-8-10-19-9-6-7-12-21(19)20/h6-15,17H,4-5,16H2,1-3H3/b24-15+. The fourth-order valence-corrected chi connectivity index (χ4v) is 4.82. The quantitative estimate of drug-likeness (QED) is 0.307. The Hall–Kier alpha value is -2.96. The van der Waals surface area contributed by atoms with E-state index < -0.39 is 0 Å². The molecule has 0 spiro atoms. The fourth-order valence-electron chi connectivity index (χ4n) is 3.72. The highest BCUT2D eigenvalue weighted by Crippen LogP contribution is 2.40. The molecular formula is C27H26ClNO4S. The van der Waals surface area contributed by atoms with Gasteiger partial charge in [0.2, 0.25) is 0 Å². The van der Waals surface area contributed by atoms with Crippen LogP contribution in [-0.4, -0.2) is 28.8 Å². The Morgan fingerprint density at radius 3 is 2.62 bits per heavy atom. The van der Waals surface area contributed by atoms with Crippen molar-refractivity contribution in [1.82, 2.24) is 4.90 Å². The van der Waals surface area contributed by atoms with Gasteiger partial charge in [-0.05, 0) is 72.1 Å². The highest BCUT2D eigenvalue weighted by molar-refractivity contribution is 8.18. The molecule has 4 rings (SSSR count). The van der Waals surface area contributed by atoms with Crippen molar-refractivity contribution in [3.05, 3.63) is 75.7 Å². The van der Waals surface area contributed by atoms with Crippen LogP contribution in [0.25, 0.3) is 16.8 Å². The van der Waals surface area contributed by atoms with Gasteiger partial charge in [-0.1, -0.05) is 61.0 Å². The lowest BCUT2D eigenvalue weighted by Gasteiger charge is -2.18. The number of imide groups is 1. The molecular weight excluding hydrogens is 470 g/mol. The van der Waals surface area contributed by atoms with Crippen LogP contribution in [0.1, 0.15) is 38.3 Å².